The van der Waals surface area contributed by atoms with Crippen molar-refractivity contribution in [3.05, 3.63) is 40.6 Å². The number of amides is 1. The smallest absolute Gasteiger partial charge is 0.245 e. The molecule has 17 heavy (non-hydrogen) atoms. The largest absolute Gasteiger partial charge is 0.338 e. The van der Waals surface area contributed by atoms with Gasteiger partial charge in [0.05, 0.1) is 8.07 Å². The molecule has 3 heteroatoms. The highest BCUT2D eigenvalue weighted by atomic mass is 28.3. The van der Waals surface area contributed by atoms with Crippen molar-refractivity contribution in [1.82, 2.24) is 4.90 Å². The summed E-state index contributed by atoms with van der Waals surface area (Å²) in [6, 6.07) is 8.27. The Morgan fingerprint density at radius 3 is 2.47 bits per heavy atom. The third-order valence-corrected chi connectivity index (χ3v) is 5.12. The minimum Gasteiger partial charge on any atom is -0.338 e. The fraction of sp³-hybridized carbons (Fsp3) is 0.357. The van der Waals surface area contributed by atoms with Gasteiger partial charge >= 0.3 is 0 Å². The van der Waals surface area contributed by atoms with Crippen molar-refractivity contribution < 1.29 is 4.79 Å². The van der Waals surface area contributed by atoms with Gasteiger partial charge < -0.3 is 4.90 Å². The van der Waals surface area contributed by atoms with Crippen molar-refractivity contribution in [2.75, 3.05) is 7.05 Å². The molecule has 0 unspecified atom stereocenters. The summed E-state index contributed by atoms with van der Waals surface area (Å²) < 4.78 is 0. The predicted octanol–water partition coefficient (Wildman–Crippen LogP) is 2.92. The summed E-state index contributed by atoms with van der Waals surface area (Å²) in [4.78, 5) is 14.2. The van der Waals surface area contributed by atoms with Gasteiger partial charge in [-0.3, -0.25) is 4.79 Å². The normalized spacial score (nSPS) is 16.4. The van der Waals surface area contributed by atoms with Gasteiger partial charge in [-0.25, -0.2) is 0 Å². The average molecular weight is 245 g/mol. The number of hydrogen-bond acceptors (Lipinski definition) is 1. The molecule has 0 bridgehead atoms. The lowest BCUT2D eigenvalue weighted by atomic mass is 10.1. The number of fused-ring (bicyclic) bond motifs is 1. The van der Waals surface area contributed by atoms with Gasteiger partial charge in [0.2, 0.25) is 5.91 Å². The van der Waals surface area contributed by atoms with E-state index in [-0.39, 0.29) is 5.91 Å². The second kappa shape index (κ2) is 4.15. The average Bonchev–Trinajstić information content (AvgIpc) is 2.36. The van der Waals surface area contributed by atoms with E-state index in [0.29, 0.717) is 6.54 Å². The molecule has 0 saturated heterocycles. The van der Waals surface area contributed by atoms with Gasteiger partial charge in [-0.05, 0) is 17.2 Å². The summed E-state index contributed by atoms with van der Waals surface area (Å²) in [5, 5.41) is 1.02. The SMILES string of the molecule is CN1Cc2ccccc2C=C([Si](C)(C)C)C1=O. The Labute approximate surface area is 104 Å². The van der Waals surface area contributed by atoms with Crippen LogP contribution in [0.2, 0.25) is 19.6 Å². The van der Waals surface area contributed by atoms with Gasteiger partial charge in [-0.1, -0.05) is 43.9 Å². The van der Waals surface area contributed by atoms with Crippen molar-refractivity contribution in [1.29, 1.82) is 0 Å². The van der Waals surface area contributed by atoms with Crippen LogP contribution in [0.5, 0.6) is 0 Å². The summed E-state index contributed by atoms with van der Waals surface area (Å²) in [5.41, 5.74) is 2.43. The molecular weight excluding hydrogens is 226 g/mol. The number of hydrogen-bond donors (Lipinski definition) is 0. The Kier molecular flexibility index (Phi) is 2.95. The summed E-state index contributed by atoms with van der Waals surface area (Å²) in [6.07, 6.45) is 2.10. The van der Waals surface area contributed by atoms with Gasteiger partial charge in [0, 0.05) is 18.8 Å². The zero-order chi connectivity index (χ0) is 12.6. The number of carbonyl (C=O) groups is 1. The zero-order valence-electron chi connectivity index (χ0n) is 10.9. The van der Waals surface area contributed by atoms with Crippen molar-refractivity contribution in [2.45, 2.75) is 26.2 Å². The van der Waals surface area contributed by atoms with Crippen LogP contribution in [0.25, 0.3) is 6.08 Å². The van der Waals surface area contributed by atoms with Gasteiger partial charge in [-0.15, -0.1) is 0 Å². The lowest BCUT2D eigenvalue weighted by Gasteiger charge is -2.23. The number of rotatable bonds is 1. The van der Waals surface area contributed by atoms with Crippen LogP contribution in [-0.2, 0) is 11.3 Å². The highest BCUT2D eigenvalue weighted by Crippen LogP contribution is 2.26. The highest BCUT2D eigenvalue weighted by molar-refractivity contribution is 6.87. The Morgan fingerprint density at radius 1 is 1.18 bits per heavy atom. The highest BCUT2D eigenvalue weighted by Gasteiger charge is 2.30. The number of nitrogens with zero attached hydrogens (tertiary/aromatic N) is 1. The van der Waals surface area contributed by atoms with Gasteiger partial charge in [0.25, 0.3) is 0 Å². The zero-order valence-corrected chi connectivity index (χ0v) is 11.9. The van der Waals surface area contributed by atoms with E-state index >= 15 is 0 Å². The summed E-state index contributed by atoms with van der Waals surface area (Å²) in [6.45, 7) is 7.37. The fourth-order valence-corrected chi connectivity index (χ4v) is 3.53. The minimum absolute atomic E-state index is 0.195. The molecule has 0 saturated carbocycles. The summed E-state index contributed by atoms with van der Waals surface area (Å²) >= 11 is 0. The van der Waals surface area contributed by atoms with E-state index in [1.807, 2.05) is 24.1 Å². The first-order valence-corrected chi connectivity index (χ1v) is 9.45. The molecule has 1 aliphatic heterocycles. The number of benzene rings is 1. The van der Waals surface area contributed by atoms with Gasteiger partial charge in [0.1, 0.15) is 0 Å². The topological polar surface area (TPSA) is 20.3 Å². The molecule has 1 aromatic carbocycles. The second-order valence-electron chi connectivity index (χ2n) is 5.67. The van der Waals surface area contributed by atoms with Crippen molar-refractivity contribution in [2.24, 2.45) is 0 Å². The quantitative estimate of drug-likeness (QED) is 0.697. The van der Waals surface area contributed by atoms with Crippen LogP contribution in [0.15, 0.2) is 29.5 Å². The van der Waals surface area contributed by atoms with Crippen LogP contribution < -0.4 is 0 Å². The molecule has 0 radical (unpaired) electrons. The first-order valence-electron chi connectivity index (χ1n) is 5.95. The van der Waals surface area contributed by atoms with Gasteiger partial charge in [-0.2, -0.15) is 0 Å². The summed E-state index contributed by atoms with van der Waals surface area (Å²) in [7, 11) is 0.295. The van der Waals surface area contributed by atoms with Crippen LogP contribution in [0.3, 0.4) is 0 Å². The molecule has 0 aliphatic carbocycles. The molecule has 1 aliphatic rings. The molecular formula is C14H19NOSi. The monoisotopic (exact) mass is 245 g/mol. The third-order valence-electron chi connectivity index (χ3n) is 3.15. The van der Waals surface area contributed by atoms with Crippen LogP contribution in [0.4, 0.5) is 0 Å². The molecule has 0 spiro atoms. The van der Waals surface area contributed by atoms with Crippen LogP contribution >= 0.6 is 0 Å². The molecule has 0 fully saturated rings. The first kappa shape index (κ1) is 12.1. The van der Waals surface area contributed by atoms with Crippen LogP contribution in [0.1, 0.15) is 11.1 Å². The summed E-state index contributed by atoms with van der Waals surface area (Å²) in [5.74, 6) is 0.195. The van der Waals surface area contributed by atoms with E-state index in [4.69, 9.17) is 0 Å². The maximum Gasteiger partial charge on any atom is 0.245 e. The first-order chi connectivity index (χ1) is 7.89. The minimum atomic E-state index is -1.59. The van der Waals surface area contributed by atoms with Crippen molar-refractivity contribution >= 4 is 20.1 Å². The standard InChI is InChI=1S/C14H19NOSi/c1-15-10-12-8-6-5-7-11(12)9-13(14(15)16)17(2,3)4/h5-9H,10H2,1-4H3. The molecule has 1 heterocycles. The van der Waals surface area contributed by atoms with E-state index < -0.39 is 8.07 Å². The van der Waals surface area contributed by atoms with E-state index in [1.165, 1.54) is 11.1 Å². The molecule has 90 valence electrons. The van der Waals surface area contributed by atoms with E-state index in [9.17, 15) is 4.79 Å². The molecule has 0 N–H and O–H groups in total. The third kappa shape index (κ3) is 2.34. The number of carbonyl (C=O) groups excluding carboxylic acids is 1. The molecule has 0 atom stereocenters. The molecule has 0 aromatic heterocycles. The second-order valence-corrected chi connectivity index (χ2v) is 10.7. The Balaban J connectivity index is 2.58. The van der Waals surface area contributed by atoms with Crippen molar-refractivity contribution in [3.8, 4) is 0 Å². The van der Waals surface area contributed by atoms with E-state index in [0.717, 1.165) is 5.20 Å². The Bertz CT molecular complexity index is 485. The Hall–Kier alpha value is -1.35. The van der Waals surface area contributed by atoms with E-state index in [1.54, 1.807) is 0 Å². The van der Waals surface area contributed by atoms with Crippen LogP contribution in [-0.4, -0.2) is 25.9 Å². The van der Waals surface area contributed by atoms with Crippen LogP contribution in [0, 0.1) is 0 Å². The predicted molar refractivity (Wildman–Crippen MR) is 74.2 cm³/mol. The maximum atomic E-state index is 12.4. The lowest BCUT2D eigenvalue weighted by Crippen LogP contribution is -2.36. The Morgan fingerprint density at radius 2 is 1.82 bits per heavy atom. The fourth-order valence-electron chi connectivity index (χ4n) is 2.11. The van der Waals surface area contributed by atoms with Gasteiger partial charge in [0.15, 0.2) is 0 Å². The number of likely N-dealkylation sites (N-methyl/N-ethyl adjacent to an activating group) is 1. The molecule has 2 rings (SSSR count). The van der Waals surface area contributed by atoms with Crippen molar-refractivity contribution in [3.63, 3.8) is 0 Å². The maximum absolute atomic E-state index is 12.4. The lowest BCUT2D eigenvalue weighted by molar-refractivity contribution is -0.125. The molecule has 1 aromatic rings. The van der Waals surface area contributed by atoms with E-state index in [2.05, 4.69) is 37.8 Å². The molecule has 2 nitrogen and oxygen atoms in total. The molecule has 1 amide bonds.